The van der Waals surface area contributed by atoms with Gasteiger partial charge in [-0.3, -0.25) is 19.3 Å². The molecule has 7 rings (SSSR count). The highest BCUT2D eigenvalue weighted by molar-refractivity contribution is 8.00. The number of hydrogen-bond donors (Lipinski definition) is 2. The van der Waals surface area contributed by atoms with Crippen LogP contribution < -0.4 is 9.61 Å². The number of H-pyrrole nitrogens is 1. The number of nitrogens with zero attached hydrogens (tertiary/aromatic N) is 1. The van der Waals surface area contributed by atoms with Crippen LogP contribution in [0.25, 0.3) is 0 Å². The summed E-state index contributed by atoms with van der Waals surface area (Å²) in [6, 6.07) is 16.2. The Labute approximate surface area is 226 Å². The molecule has 38 heavy (non-hydrogen) atoms. The molecule has 3 fully saturated rings. The van der Waals surface area contributed by atoms with E-state index < -0.39 is 23.8 Å². The Hall–Kier alpha value is -3.37. The van der Waals surface area contributed by atoms with Crippen molar-refractivity contribution < 1.29 is 24.2 Å². The Balaban J connectivity index is 1.29. The van der Waals surface area contributed by atoms with Gasteiger partial charge < -0.3 is 14.8 Å². The van der Waals surface area contributed by atoms with Crippen LogP contribution in [0.5, 0.6) is 11.5 Å². The quantitative estimate of drug-likeness (QED) is 0.460. The Morgan fingerprint density at radius 2 is 1.74 bits per heavy atom. The van der Waals surface area contributed by atoms with E-state index in [0.29, 0.717) is 5.75 Å². The van der Waals surface area contributed by atoms with Crippen LogP contribution in [0.3, 0.4) is 0 Å². The molecule has 194 valence electrons. The number of nitrogens with one attached hydrogen (secondary N) is 1. The lowest BCUT2D eigenvalue weighted by Crippen LogP contribution is -2.44. The zero-order valence-electron chi connectivity index (χ0n) is 20.3. The van der Waals surface area contributed by atoms with Gasteiger partial charge >= 0.3 is 10.8 Å². The number of likely N-dealkylation sites (tertiary alicyclic amines) is 1. The zero-order chi connectivity index (χ0) is 26.3. The van der Waals surface area contributed by atoms with Crippen molar-refractivity contribution in [2.75, 3.05) is 0 Å². The molecule has 1 aromatic heterocycles. The van der Waals surface area contributed by atoms with Gasteiger partial charge in [0, 0.05) is 16.0 Å². The first-order chi connectivity index (χ1) is 18.3. The third kappa shape index (κ3) is 3.36. The summed E-state index contributed by atoms with van der Waals surface area (Å²) in [6.07, 6.45) is 0.750. The lowest BCUT2D eigenvalue weighted by atomic mass is 9.68. The van der Waals surface area contributed by atoms with Crippen molar-refractivity contribution in [3.05, 3.63) is 74.7 Å². The molecule has 2 amide bonds. The molecule has 0 unspecified atom stereocenters. The SMILES string of the molecule is C[C@H](C(=O)O)N1C(=O)[C@@H]2[C@@H]3C[C@H]([C@H]4Sc5[nH]c(=O)sc5[C@@H](c5cccc(Oc6ccccc6)c5)[C@H]34)[C@@H]2C1=O. The molecule has 2 N–H and O–H groups in total. The number of carbonyl (C=O) groups excluding carboxylic acids is 2. The van der Waals surface area contributed by atoms with Crippen LogP contribution in [0, 0.1) is 29.6 Å². The molecule has 0 spiro atoms. The third-order valence-corrected chi connectivity index (χ3v) is 11.3. The second kappa shape index (κ2) is 8.57. The number of aromatic nitrogens is 1. The van der Waals surface area contributed by atoms with E-state index in [0.717, 1.165) is 32.5 Å². The Morgan fingerprint density at radius 1 is 1.03 bits per heavy atom. The van der Waals surface area contributed by atoms with Crippen LogP contribution in [0.2, 0.25) is 0 Å². The first-order valence-corrected chi connectivity index (χ1v) is 14.4. The number of imide groups is 1. The Morgan fingerprint density at radius 3 is 2.47 bits per heavy atom. The van der Waals surface area contributed by atoms with Crippen molar-refractivity contribution in [3.8, 4) is 11.5 Å². The number of thiazole rings is 1. The van der Waals surface area contributed by atoms with E-state index in [-0.39, 0.29) is 45.6 Å². The number of carboxylic acid groups (broad SMARTS) is 1. The van der Waals surface area contributed by atoms with E-state index >= 15 is 0 Å². The number of aliphatic carboxylic acids is 1. The van der Waals surface area contributed by atoms with Gasteiger partial charge in [-0.05, 0) is 60.9 Å². The summed E-state index contributed by atoms with van der Waals surface area (Å²) < 4.78 is 6.11. The van der Waals surface area contributed by atoms with E-state index in [9.17, 15) is 24.3 Å². The topological polar surface area (TPSA) is 117 Å². The minimum Gasteiger partial charge on any atom is -0.480 e. The second-order valence-electron chi connectivity index (χ2n) is 10.5. The summed E-state index contributed by atoms with van der Waals surface area (Å²) in [5.74, 6) is -1.73. The molecule has 0 radical (unpaired) electrons. The number of fused-ring (bicyclic) bond motifs is 9. The van der Waals surface area contributed by atoms with E-state index in [1.165, 1.54) is 18.3 Å². The molecule has 10 heteroatoms. The highest BCUT2D eigenvalue weighted by Crippen LogP contribution is 2.68. The Bertz CT molecular complexity index is 1530. The predicted molar refractivity (Wildman–Crippen MR) is 140 cm³/mol. The smallest absolute Gasteiger partial charge is 0.326 e. The number of thioether (sulfide) groups is 1. The number of amides is 2. The van der Waals surface area contributed by atoms with E-state index in [4.69, 9.17) is 4.74 Å². The first-order valence-electron chi connectivity index (χ1n) is 12.7. The maximum Gasteiger partial charge on any atom is 0.326 e. The van der Waals surface area contributed by atoms with Crippen LogP contribution in [0.15, 0.2) is 64.4 Å². The molecule has 4 aliphatic rings. The lowest BCUT2D eigenvalue weighted by molar-refractivity contribution is -0.154. The molecule has 2 aliphatic heterocycles. The molecular formula is C28H24N2O6S2. The van der Waals surface area contributed by atoms with Gasteiger partial charge in [0.05, 0.1) is 16.9 Å². The maximum absolute atomic E-state index is 13.5. The van der Waals surface area contributed by atoms with Gasteiger partial charge in [-0.15, -0.1) is 11.8 Å². The summed E-state index contributed by atoms with van der Waals surface area (Å²) in [6.45, 7) is 1.40. The standard InChI is InChI=1S/C28H24N2O6S2/c1-12(27(33)34)30-25(31)20-16-11-17(21(20)26(30)32)22-19(16)18(23-24(37-22)29-28(35)38-23)13-6-5-9-15(10-13)36-14-7-3-2-4-8-14/h2-10,12,16-22H,11H2,1H3,(H,29,35)(H,33,34)/t12-,16-,17+,18+,19+,20-,21+,22-/m1/s1. The average molecular weight is 549 g/mol. The van der Waals surface area contributed by atoms with Gasteiger partial charge in [-0.2, -0.15) is 0 Å². The summed E-state index contributed by atoms with van der Waals surface area (Å²) in [5, 5.41) is 10.4. The number of carboxylic acids is 1. The van der Waals surface area contributed by atoms with Crippen molar-refractivity contribution in [3.63, 3.8) is 0 Å². The summed E-state index contributed by atoms with van der Waals surface area (Å²) in [7, 11) is 0. The first kappa shape index (κ1) is 23.7. The minimum absolute atomic E-state index is 0.0361. The van der Waals surface area contributed by atoms with Crippen molar-refractivity contribution in [2.24, 2.45) is 29.6 Å². The number of benzene rings is 2. The summed E-state index contributed by atoms with van der Waals surface area (Å²) >= 11 is 2.81. The van der Waals surface area contributed by atoms with Crippen molar-refractivity contribution in [2.45, 2.75) is 35.6 Å². The zero-order valence-corrected chi connectivity index (χ0v) is 21.9. The third-order valence-electron chi connectivity index (χ3n) is 8.70. The number of carbonyl (C=O) groups is 3. The molecule has 2 aromatic carbocycles. The summed E-state index contributed by atoms with van der Waals surface area (Å²) in [4.78, 5) is 55.9. The van der Waals surface area contributed by atoms with Crippen LogP contribution in [-0.2, 0) is 14.4 Å². The summed E-state index contributed by atoms with van der Waals surface area (Å²) in [5.41, 5.74) is 1.00. The number of ether oxygens (including phenoxy) is 1. The number of aromatic amines is 1. The fourth-order valence-electron chi connectivity index (χ4n) is 7.30. The molecule has 8 atom stereocenters. The van der Waals surface area contributed by atoms with Crippen LogP contribution in [-0.4, -0.2) is 44.1 Å². The second-order valence-corrected chi connectivity index (χ2v) is 12.7. The Kier molecular flexibility index (Phi) is 5.35. The van der Waals surface area contributed by atoms with Gasteiger partial charge in [-0.1, -0.05) is 41.7 Å². The number of hydrogen-bond acceptors (Lipinski definition) is 7. The maximum atomic E-state index is 13.5. The number of para-hydroxylation sites is 1. The fourth-order valence-corrected chi connectivity index (χ4v) is 10.2. The van der Waals surface area contributed by atoms with Crippen LogP contribution >= 0.6 is 23.1 Å². The van der Waals surface area contributed by atoms with Crippen LogP contribution in [0.1, 0.15) is 29.7 Å². The van der Waals surface area contributed by atoms with Crippen molar-refractivity contribution in [1.82, 2.24) is 9.88 Å². The normalized spacial score (nSPS) is 31.6. The van der Waals surface area contributed by atoms with E-state index in [1.807, 2.05) is 54.6 Å². The molecule has 8 nitrogen and oxygen atoms in total. The lowest BCUT2D eigenvalue weighted by Gasteiger charge is -2.43. The molecule has 2 bridgehead atoms. The van der Waals surface area contributed by atoms with Gasteiger partial charge in [-0.25, -0.2) is 4.79 Å². The molecular weight excluding hydrogens is 524 g/mol. The number of rotatable bonds is 5. The van der Waals surface area contributed by atoms with Gasteiger partial charge in [0.2, 0.25) is 11.8 Å². The average Bonchev–Trinajstić information content (AvgIpc) is 3.63. The monoisotopic (exact) mass is 548 g/mol. The van der Waals surface area contributed by atoms with Crippen molar-refractivity contribution >= 4 is 40.9 Å². The van der Waals surface area contributed by atoms with Crippen molar-refractivity contribution in [1.29, 1.82) is 0 Å². The fraction of sp³-hybridized carbons (Fsp3) is 0.357. The van der Waals surface area contributed by atoms with Gasteiger partial charge in [0.25, 0.3) is 0 Å². The van der Waals surface area contributed by atoms with E-state index in [1.54, 1.807) is 11.8 Å². The minimum atomic E-state index is -1.18. The van der Waals surface area contributed by atoms with Gasteiger partial charge in [0.1, 0.15) is 17.5 Å². The molecule has 3 heterocycles. The highest BCUT2D eigenvalue weighted by Gasteiger charge is 2.70. The largest absolute Gasteiger partial charge is 0.480 e. The van der Waals surface area contributed by atoms with Crippen LogP contribution in [0.4, 0.5) is 0 Å². The predicted octanol–water partition coefficient (Wildman–Crippen LogP) is 4.18. The molecule has 2 saturated carbocycles. The van der Waals surface area contributed by atoms with E-state index in [2.05, 4.69) is 4.98 Å². The highest BCUT2D eigenvalue weighted by atomic mass is 32.2. The molecule has 3 aromatic rings. The molecule has 2 aliphatic carbocycles. The van der Waals surface area contributed by atoms with Gasteiger partial charge in [0.15, 0.2) is 0 Å². The molecule has 1 saturated heterocycles.